The van der Waals surface area contributed by atoms with Crippen molar-refractivity contribution in [3.63, 3.8) is 0 Å². The number of nitrogens with zero attached hydrogens (tertiary/aromatic N) is 1. The zero-order valence-corrected chi connectivity index (χ0v) is 11.4. The second kappa shape index (κ2) is 4.89. The maximum absolute atomic E-state index is 3.51. The van der Waals surface area contributed by atoms with Crippen molar-refractivity contribution in [1.82, 2.24) is 10.2 Å². The molecule has 2 saturated heterocycles. The monoisotopic (exact) mass is 236 g/mol. The smallest absolute Gasteiger partial charge is 0.00152 e. The molecular formula is C15H28N2. The van der Waals surface area contributed by atoms with Crippen LogP contribution in [0.15, 0.2) is 0 Å². The summed E-state index contributed by atoms with van der Waals surface area (Å²) in [4.78, 5) is 2.77. The molecule has 2 aliphatic heterocycles. The van der Waals surface area contributed by atoms with E-state index >= 15 is 0 Å². The summed E-state index contributed by atoms with van der Waals surface area (Å²) in [7, 11) is 0. The van der Waals surface area contributed by atoms with Crippen molar-refractivity contribution in [2.75, 3.05) is 32.7 Å². The van der Waals surface area contributed by atoms with Crippen molar-refractivity contribution in [1.29, 1.82) is 0 Å². The van der Waals surface area contributed by atoms with Gasteiger partial charge in [0.1, 0.15) is 0 Å². The lowest BCUT2D eigenvalue weighted by atomic mass is 9.92. The van der Waals surface area contributed by atoms with Crippen molar-refractivity contribution >= 4 is 0 Å². The van der Waals surface area contributed by atoms with E-state index in [1.54, 1.807) is 0 Å². The first kappa shape index (κ1) is 12.0. The molecule has 17 heavy (non-hydrogen) atoms. The van der Waals surface area contributed by atoms with Gasteiger partial charge in [0.05, 0.1) is 0 Å². The summed E-state index contributed by atoms with van der Waals surface area (Å²) in [5, 5.41) is 3.51. The van der Waals surface area contributed by atoms with Gasteiger partial charge in [-0.05, 0) is 82.0 Å². The van der Waals surface area contributed by atoms with Crippen molar-refractivity contribution in [2.24, 2.45) is 17.3 Å². The zero-order chi connectivity index (χ0) is 11.7. The fraction of sp³-hybridized carbons (Fsp3) is 1.00. The molecule has 2 heterocycles. The Kier molecular flexibility index (Phi) is 3.45. The largest absolute Gasteiger partial charge is 0.317 e. The minimum atomic E-state index is 0.781. The minimum Gasteiger partial charge on any atom is -0.317 e. The molecule has 2 atom stereocenters. The summed E-state index contributed by atoms with van der Waals surface area (Å²) in [6.45, 7) is 9.11. The average Bonchev–Trinajstić information content (AvgIpc) is 3.03. The lowest BCUT2D eigenvalue weighted by molar-refractivity contribution is 0.234. The highest BCUT2D eigenvalue weighted by Gasteiger charge is 2.53. The second-order valence-electron chi connectivity index (χ2n) is 6.85. The molecule has 0 bridgehead atoms. The van der Waals surface area contributed by atoms with Gasteiger partial charge in [-0.25, -0.2) is 0 Å². The van der Waals surface area contributed by atoms with E-state index in [0.29, 0.717) is 0 Å². The Bertz CT molecular complexity index is 256. The van der Waals surface area contributed by atoms with E-state index in [4.69, 9.17) is 0 Å². The number of piperidine rings is 1. The van der Waals surface area contributed by atoms with Gasteiger partial charge in [-0.2, -0.15) is 0 Å². The van der Waals surface area contributed by atoms with Crippen LogP contribution in [0.3, 0.4) is 0 Å². The predicted molar refractivity (Wildman–Crippen MR) is 72.1 cm³/mol. The van der Waals surface area contributed by atoms with Gasteiger partial charge in [-0.1, -0.05) is 6.92 Å². The molecule has 3 fully saturated rings. The number of likely N-dealkylation sites (tertiary alicyclic amines) is 1. The van der Waals surface area contributed by atoms with Gasteiger partial charge in [-0.15, -0.1) is 0 Å². The van der Waals surface area contributed by atoms with Crippen LogP contribution in [0.4, 0.5) is 0 Å². The molecule has 2 nitrogen and oxygen atoms in total. The molecule has 3 rings (SSSR count). The van der Waals surface area contributed by atoms with E-state index in [9.17, 15) is 0 Å². The molecule has 0 amide bonds. The van der Waals surface area contributed by atoms with Gasteiger partial charge >= 0.3 is 0 Å². The van der Waals surface area contributed by atoms with Gasteiger partial charge in [0.2, 0.25) is 0 Å². The quantitative estimate of drug-likeness (QED) is 0.792. The summed E-state index contributed by atoms with van der Waals surface area (Å²) in [6.07, 6.45) is 8.74. The predicted octanol–water partition coefficient (Wildman–Crippen LogP) is 2.50. The maximum Gasteiger partial charge on any atom is 0.00152 e. The molecule has 0 aromatic carbocycles. The van der Waals surface area contributed by atoms with Crippen LogP contribution in [0, 0.1) is 17.3 Å². The van der Waals surface area contributed by atoms with E-state index in [-0.39, 0.29) is 0 Å². The molecule has 1 N–H and O–H groups in total. The SMILES string of the molecule is CC1CCCN(CC2CC23CCNCC3)CC1. The number of nitrogens with one attached hydrogen (secondary N) is 1. The molecule has 2 heteroatoms. The topological polar surface area (TPSA) is 15.3 Å². The molecule has 1 aliphatic carbocycles. The lowest BCUT2D eigenvalue weighted by Crippen LogP contribution is -2.33. The Labute approximate surface area is 106 Å². The van der Waals surface area contributed by atoms with Gasteiger partial charge < -0.3 is 10.2 Å². The van der Waals surface area contributed by atoms with Crippen molar-refractivity contribution in [2.45, 2.75) is 45.4 Å². The van der Waals surface area contributed by atoms with E-state index < -0.39 is 0 Å². The summed E-state index contributed by atoms with van der Waals surface area (Å²) in [5.74, 6) is 2.00. The van der Waals surface area contributed by atoms with Gasteiger partial charge in [0, 0.05) is 6.54 Å². The summed E-state index contributed by atoms with van der Waals surface area (Å²) in [5.41, 5.74) is 0.781. The standard InChI is InChI=1S/C15H28N2/c1-13-3-2-9-17(10-4-13)12-14-11-15(14)5-7-16-8-6-15/h13-14,16H,2-12H2,1H3. The van der Waals surface area contributed by atoms with E-state index in [1.165, 1.54) is 71.2 Å². The van der Waals surface area contributed by atoms with Crippen molar-refractivity contribution < 1.29 is 0 Å². The third-order valence-electron chi connectivity index (χ3n) is 5.55. The lowest BCUT2D eigenvalue weighted by Gasteiger charge is -2.26. The molecule has 0 aromatic rings. The normalized spacial score (nSPS) is 37.9. The molecule has 1 saturated carbocycles. The molecule has 2 unspecified atom stereocenters. The van der Waals surface area contributed by atoms with Gasteiger partial charge in [-0.3, -0.25) is 0 Å². The van der Waals surface area contributed by atoms with Crippen LogP contribution in [0.2, 0.25) is 0 Å². The highest BCUT2D eigenvalue weighted by atomic mass is 15.1. The third-order valence-corrected chi connectivity index (χ3v) is 5.55. The molecule has 98 valence electrons. The minimum absolute atomic E-state index is 0.781. The van der Waals surface area contributed by atoms with Crippen molar-refractivity contribution in [3.05, 3.63) is 0 Å². The third kappa shape index (κ3) is 2.68. The van der Waals surface area contributed by atoms with Crippen LogP contribution in [0.25, 0.3) is 0 Å². The fourth-order valence-electron chi connectivity index (χ4n) is 4.04. The highest BCUT2D eigenvalue weighted by Crippen LogP contribution is 2.58. The van der Waals surface area contributed by atoms with E-state index in [0.717, 1.165) is 17.3 Å². The van der Waals surface area contributed by atoms with Crippen LogP contribution in [0.5, 0.6) is 0 Å². The Morgan fingerprint density at radius 2 is 2.00 bits per heavy atom. The fourth-order valence-corrected chi connectivity index (χ4v) is 4.04. The molecule has 0 radical (unpaired) electrons. The number of hydrogen-bond acceptors (Lipinski definition) is 2. The number of hydrogen-bond donors (Lipinski definition) is 1. The van der Waals surface area contributed by atoms with Gasteiger partial charge in [0.15, 0.2) is 0 Å². The molecular weight excluding hydrogens is 208 g/mol. The molecule has 0 aromatic heterocycles. The van der Waals surface area contributed by atoms with Crippen molar-refractivity contribution in [3.8, 4) is 0 Å². The Hall–Kier alpha value is -0.0800. The van der Waals surface area contributed by atoms with Crippen LogP contribution >= 0.6 is 0 Å². The second-order valence-corrected chi connectivity index (χ2v) is 6.85. The zero-order valence-electron chi connectivity index (χ0n) is 11.4. The Balaban J connectivity index is 1.48. The van der Waals surface area contributed by atoms with E-state index in [1.807, 2.05) is 0 Å². The first-order valence-corrected chi connectivity index (χ1v) is 7.72. The van der Waals surface area contributed by atoms with E-state index in [2.05, 4.69) is 17.1 Å². The first-order valence-electron chi connectivity index (χ1n) is 7.72. The van der Waals surface area contributed by atoms with Crippen LogP contribution in [-0.2, 0) is 0 Å². The highest BCUT2D eigenvalue weighted by molar-refractivity contribution is 5.05. The Morgan fingerprint density at radius 1 is 1.18 bits per heavy atom. The number of rotatable bonds is 2. The van der Waals surface area contributed by atoms with Gasteiger partial charge in [0.25, 0.3) is 0 Å². The average molecular weight is 236 g/mol. The Morgan fingerprint density at radius 3 is 2.82 bits per heavy atom. The summed E-state index contributed by atoms with van der Waals surface area (Å²) < 4.78 is 0. The van der Waals surface area contributed by atoms with Crippen LogP contribution < -0.4 is 5.32 Å². The van der Waals surface area contributed by atoms with Crippen LogP contribution in [0.1, 0.15) is 45.4 Å². The first-order chi connectivity index (χ1) is 8.28. The molecule has 3 aliphatic rings. The summed E-state index contributed by atoms with van der Waals surface area (Å²) in [6, 6.07) is 0. The summed E-state index contributed by atoms with van der Waals surface area (Å²) >= 11 is 0. The maximum atomic E-state index is 3.51. The van der Waals surface area contributed by atoms with Crippen LogP contribution in [-0.4, -0.2) is 37.6 Å². The molecule has 1 spiro atoms.